The molecule has 0 heterocycles. The minimum Gasteiger partial charge on any atom is -0.374 e. The van der Waals surface area contributed by atoms with Crippen molar-refractivity contribution in [1.82, 2.24) is 0 Å². The van der Waals surface area contributed by atoms with E-state index in [9.17, 15) is 0 Å². The van der Waals surface area contributed by atoms with Crippen LogP contribution in [0.25, 0.3) is 0 Å². The molecular weight excluding hydrogens is 304 g/mol. The molecule has 0 aliphatic carbocycles. The number of rotatable bonds is 9. The summed E-state index contributed by atoms with van der Waals surface area (Å²) in [7, 11) is -3.81. The zero-order valence-corrected chi connectivity index (χ0v) is 17.6. The van der Waals surface area contributed by atoms with Crippen LogP contribution >= 0.6 is 11.2 Å². The lowest BCUT2D eigenvalue weighted by atomic mass is 10.0. The second kappa shape index (κ2) is 8.34. The molecule has 0 radical (unpaired) electrons. The Morgan fingerprint density at radius 1 is 1.00 bits per heavy atom. The van der Waals surface area contributed by atoms with Crippen molar-refractivity contribution in [3.63, 3.8) is 0 Å². The van der Waals surface area contributed by atoms with Crippen LogP contribution in [-0.4, -0.2) is 34.7 Å². The first-order chi connectivity index (χ1) is 8.93. The molecular formula is C14H34O3SSi2. The lowest BCUT2D eigenvalue weighted by molar-refractivity contribution is 0.0551. The van der Waals surface area contributed by atoms with Crippen LogP contribution in [0.2, 0.25) is 25.7 Å². The zero-order valence-electron chi connectivity index (χ0n) is 14.8. The highest BCUT2D eigenvalue weighted by Gasteiger charge is 2.46. The van der Waals surface area contributed by atoms with Crippen LogP contribution in [0.1, 0.15) is 41.5 Å². The highest BCUT2D eigenvalue weighted by atomic mass is 32.4. The van der Waals surface area contributed by atoms with Crippen LogP contribution in [0.15, 0.2) is 0 Å². The Balaban J connectivity index is 4.98. The predicted octanol–water partition coefficient (Wildman–Crippen LogP) is 4.98. The van der Waals surface area contributed by atoms with Gasteiger partial charge in [0.05, 0.1) is 5.44 Å². The predicted molar refractivity (Wildman–Crippen MR) is 94.8 cm³/mol. The largest absolute Gasteiger partial charge is 0.502 e. The van der Waals surface area contributed by atoms with E-state index in [4.69, 9.17) is 13.3 Å². The van der Waals surface area contributed by atoms with Crippen LogP contribution in [-0.2, 0) is 13.3 Å². The summed E-state index contributed by atoms with van der Waals surface area (Å²) in [6.07, 6.45) is 0. The molecule has 0 aromatic heterocycles. The fourth-order valence-electron chi connectivity index (χ4n) is 2.12. The van der Waals surface area contributed by atoms with Gasteiger partial charge in [-0.3, -0.25) is 0 Å². The first-order valence-corrected chi connectivity index (χ1v) is 14.6. The molecule has 0 amide bonds. The van der Waals surface area contributed by atoms with E-state index in [1.807, 2.05) is 25.1 Å². The molecule has 0 aliphatic rings. The maximum atomic E-state index is 6.36. The van der Waals surface area contributed by atoms with Crippen molar-refractivity contribution < 1.29 is 13.3 Å². The van der Waals surface area contributed by atoms with Gasteiger partial charge < -0.3 is 13.3 Å². The van der Waals surface area contributed by atoms with Gasteiger partial charge >= 0.3 is 8.80 Å². The van der Waals surface area contributed by atoms with E-state index in [0.717, 1.165) is 6.04 Å². The van der Waals surface area contributed by atoms with Crippen LogP contribution in [0.4, 0.5) is 0 Å². The fourth-order valence-corrected chi connectivity index (χ4v) is 10.4. The molecule has 20 heavy (non-hydrogen) atoms. The van der Waals surface area contributed by atoms with Gasteiger partial charge in [-0.2, -0.15) is 11.2 Å². The van der Waals surface area contributed by atoms with Crippen LogP contribution in [0.5, 0.6) is 0 Å². The summed E-state index contributed by atoms with van der Waals surface area (Å²) in [5.41, 5.74) is 0.272. The number of hydrogen-bond donors (Lipinski definition) is 0. The summed E-state index contributed by atoms with van der Waals surface area (Å²) in [4.78, 5) is 0. The molecule has 1 atom stereocenters. The van der Waals surface area contributed by atoms with E-state index in [-0.39, 0.29) is 10.9 Å². The molecule has 3 nitrogen and oxygen atoms in total. The summed E-state index contributed by atoms with van der Waals surface area (Å²) < 4.78 is 18.4. The van der Waals surface area contributed by atoms with Gasteiger partial charge in [0.1, 0.15) is 7.22 Å². The topological polar surface area (TPSA) is 27.7 Å². The van der Waals surface area contributed by atoms with Crippen molar-refractivity contribution in [2.45, 2.75) is 72.7 Å². The Labute approximate surface area is 132 Å². The fraction of sp³-hybridized carbons (Fsp3) is 1.00. The third-order valence-corrected chi connectivity index (χ3v) is 10.4. The molecule has 122 valence electrons. The lowest BCUT2D eigenvalue weighted by Crippen LogP contribution is -2.50. The Kier molecular flexibility index (Phi) is 8.61. The van der Waals surface area contributed by atoms with Gasteiger partial charge in [-0.05, 0) is 26.2 Å². The first-order valence-electron chi connectivity index (χ1n) is 7.56. The van der Waals surface area contributed by atoms with Crippen molar-refractivity contribution in [3.8, 4) is 0 Å². The van der Waals surface area contributed by atoms with Gasteiger partial charge in [-0.15, -0.1) is 0 Å². The minimum atomic E-state index is -2.59. The highest BCUT2D eigenvalue weighted by molar-refractivity contribution is 8.28. The van der Waals surface area contributed by atoms with Gasteiger partial charge in [0.2, 0.25) is 0 Å². The van der Waals surface area contributed by atoms with E-state index in [1.165, 1.54) is 0 Å². The Morgan fingerprint density at radius 2 is 1.45 bits per heavy atom. The highest BCUT2D eigenvalue weighted by Crippen LogP contribution is 2.34. The quantitative estimate of drug-likeness (QED) is 0.438. The molecule has 0 saturated heterocycles. The van der Waals surface area contributed by atoms with E-state index < -0.39 is 16.0 Å². The third-order valence-electron chi connectivity index (χ3n) is 2.34. The van der Waals surface area contributed by atoms with Crippen molar-refractivity contribution in [2.24, 2.45) is 5.41 Å². The maximum absolute atomic E-state index is 6.36. The standard InChI is InChI=1S/C14H34O3SSi2/c1-10-15-20(16-11-2,12-14(4,5)6)17-13(3)18-19(7,8)9/h13H,10-12H2,1-9H3. The average Bonchev–Trinajstić information content (AvgIpc) is 2.10. The zero-order chi connectivity index (χ0) is 16.0. The smallest absolute Gasteiger partial charge is 0.374 e. The van der Waals surface area contributed by atoms with E-state index in [2.05, 4.69) is 47.3 Å². The summed E-state index contributed by atoms with van der Waals surface area (Å²) in [6, 6.07) is 0.859. The van der Waals surface area contributed by atoms with Crippen molar-refractivity contribution >= 4 is 27.2 Å². The Bertz CT molecular complexity index is 269. The second-order valence-electron chi connectivity index (χ2n) is 7.20. The molecule has 0 aliphatic heterocycles. The van der Waals surface area contributed by atoms with Crippen molar-refractivity contribution in [3.05, 3.63) is 0 Å². The molecule has 0 fully saturated rings. The summed E-state index contributed by atoms with van der Waals surface area (Å²) in [5, 5.41) is 0. The van der Waals surface area contributed by atoms with Crippen LogP contribution in [0.3, 0.4) is 0 Å². The summed E-state index contributed by atoms with van der Waals surface area (Å²) in [5.74, 6) is 0. The van der Waals surface area contributed by atoms with E-state index >= 15 is 0 Å². The molecule has 0 aromatic carbocycles. The van der Waals surface area contributed by atoms with Crippen LogP contribution in [0, 0.1) is 5.41 Å². The monoisotopic (exact) mass is 338 g/mol. The molecule has 0 saturated carbocycles. The average molecular weight is 339 g/mol. The first kappa shape index (κ1) is 20.7. The molecule has 0 aromatic rings. The molecule has 0 bridgehead atoms. The van der Waals surface area contributed by atoms with Crippen molar-refractivity contribution in [1.29, 1.82) is 0 Å². The van der Waals surface area contributed by atoms with E-state index in [1.54, 1.807) is 0 Å². The summed E-state index contributed by atoms with van der Waals surface area (Å²) in [6.45, 7) is 21.1. The second-order valence-corrected chi connectivity index (χ2v) is 19.2. The van der Waals surface area contributed by atoms with E-state index in [0.29, 0.717) is 13.2 Å². The molecule has 6 heteroatoms. The molecule has 0 spiro atoms. The number of hydrogen-bond acceptors (Lipinski definition) is 4. The van der Waals surface area contributed by atoms with Crippen molar-refractivity contribution in [2.75, 3.05) is 13.2 Å². The molecule has 0 rings (SSSR count). The minimum absolute atomic E-state index is 0.133. The molecule has 0 N–H and O–H groups in total. The normalized spacial score (nSPS) is 15.4. The van der Waals surface area contributed by atoms with Gasteiger partial charge in [0, 0.05) is 19.3 Å². The van der Waals surface area contributed by atoms with Crippen LogP contribution < -0.4 is 0 Å². The van der Waals surface area contributed by atoms with Gasteiger partial charge in [-0.25, -0.2) is 0 Å². The lowest BCUT2D eigenvalue weighted by Gasteiger charge is -2.36. The summed E-state index contributed by atoms with van der Waals surface area (Å²) >= 11 is 1.95. The maximum Gasteiger partial charge on any atom is 0.502 e. The van der Waals surface area contributed by atoms with Gasteiger partial charge in [0.25, 0.3) is 0 Å². The Morgan fingerprint density at radius 3 is 1.75 bits per heavy atom. The van der Waals surface area contributed by atoms with Gasteiger partial charge in [-0.1, -0.05) is 40.4 Å². The molecule has 1 unspecified atom stereocenters. The van der Waals surface area contributed by atoms with Gasteiger partial charge in [0.15, 0.2) is 0 Å². The Hall–Kier alpha value is 0.664. The third kappa shape index (κ3) is 9.57. The SMILES string of the molecule is CCO[Si](CC(C)(C)C)(OCC)OC(C)S[Si](C)(C)C.